The lowest BCUT2D eigenvalue weighted by Crippen LogP contribution is -2.42. The maximum absolute atomic E-state index is 12.0. The molecule has 1 fully saturated rings. The summed E-state index contributed by atoms with van der Waals surface area (Å²) in [4.78, 5) is 21.7. The number of carbonyl (C=O) groups is 1. The molecular formula is C15H25N5O3. The first-order valence-corrected chi connectivity index (χ1v) is 7.75. The fraction of sp³-hybridized carbons (Fsp3) is 0.667. The van der Waals surface area contributed by atoms with Gasteiger partial charge < -0.3 is 25.4 Å². The summed E-state index contributed by atoms with van der Waals surface area (Å²) < 4.78 is 5.32. The second kappa shape index (κ2) is 7.56. The third kappa shape index (κ3) is 5.65. The van der Waals surface area contributed by atoms with Crippen molar-refractivity contribution in [2.75, 3.05) is 31.5 Å². The Bertz CT molecular complexity index is 506. The molecule has 0 aliphatic carbocycles. The van der Waals surface area contributed by atoms with E-state index in [1.165, 1.54) is 4.90 Å². The van der Waals surface area contributed by atoms with Crippen LogP contribution in [-0.2, 0) is 4.74 Å². The van der Waals surface area contributed by atoms with E-state index in [9.17, 15) is 9.90 Å². The number of carbonyl (C=O) groups excluding carboxylic acids is 1. The zero-order valence-electron chi connectivity index (χ0n) is 13.8. The molecule has 0 bridgehead atoms. The van der Waals surface area contributed by atoms with Gasteiger partial charge in [0, 0.05) is 32.0 Å². The summed E-state index contributed by atoms with van der Waals surface area (Å²) >= 11 is 0. The van der Waals surface area contributed by atoms with Crippen molar-refractivity contribution in [3.63, 3.8) is 0 Å². The zero-order chi connectivity index (χ0) is 16.9. The van der Waals surface area contributed by atoms with E-state index in [4.69, 9.17) is 4.74 Å². The van der Waals surface area contributed by atoms with Crippen molar-refractivity contribution in [3.8, 4) is 0 Å². The number of likely N-dealkylation sites (tertiary alicyclic amines) is 1. The molecule has 128 valence electrons. The highest BCUT2D eigenvalue weighted by Gasteiger charge is 2.35. The van der Waals surface area contributed by atoms with Crippen LogP contribution in [0, 0.1) is 0 Å². The van der Waals surface area contributed by atoms with Crippen LogP contribution < -0.4 is 10.6 Å². The van der Waals surface area contributed by atoms with Gasteiger partial charge >= 0.3 is 6.09 Å². The number of hydrogen-bond donors (Lipinski definition) is 3. The van der Waals surface area contributed by atoms with Gasteiger partial charge in [-0.1, -0.05) is 0 Å². The molecule has 8 nitrogen and oxygen atoms in total. The van der Waals surface area contributed by atoms with Crippen molar-refractivity contribution in [2.24, 2.45) is 0 Å². The Morgan fingerprint density at radius 1 is 1.35 bits per heavy atom. The van der Waals surface area contributed by atoms with E-state index in [-0.39, 0.29) is 12.6 Å². The lowest BCUT2D eigenvalue weighted by Gasteiger charge is -2.24. The molecule has 23 heavy (non-hydrogen) atoms. The second-order valence-corrected chi connectivity index (χ2v) is 6.51. The van der Waals surface area contributed by atoms with Gasteiger partial charge in [-0.05, 0) is 26.8 Å². The molecule has 1 aliphatic rings. The van der Waals surface area contributed by atoms with Gasteiger partial charge in [0.1, 0.15) is 5.60 Å². The summed E-state index contributed by atoms with van der Waals surface area (Å²) in [5.74, 6) is 0.566. The minimum atomic E-state index is -0.601. The van der Waals surface area contributed by atoms with E-state index < -0.39 is 17.8 Å². The predicted octanol–water partition coefficient (Wildman–Crippen LogP) is 0.458. The molecule has 1 aliphatic heterocycles. The number of hydrogen-bond acceptors (Lipinski definition) is 7. The van der Waals surface area contributed by atoms with Gasteiger partial charge in [-0.15, -0.1) is 0 Å². The lowest BCUT2D eigenvalue weighted by molar-refractivity contribution is 0.0270. The molecule has 0 unspecified atom stereocenters. The number of ether oxygens (including phenoxy) is 1. The van der Waals surface area contributed by atoms with E-state index in [0.29, 0.717) is 25.6 Å². The third-order valence-corrected chi connectivity index (χ3v) is 3.32. The standard InChI is InChI=1S/C15H25N5O3/c1-15(2,3)23-14(22)20-9-11(12(21)10-20)16-7-8-19-13-17-5-4-6-18-13/h4-6,11-12,16,21H,7-10H2,1-3H3,(H,17,18,19)/t11-,12-/m1/s1. The Kier molecular flexibility index (Phi) is 5.73. The Labute approximate surface area is 136 Å². The van der Waals surface area contributed by atoms with Crippen molar-refractivity contribution < 1.29 is 14.6 Å². The van der Waals surface area contributed by atoms with E-state index in [1.54, 1.807) is 18.5 Å². The molecule has 1 saturated heterocycles. The molecule has 8 heteroatoms. The Hall–Kier alpha value is -1.93. The number of amides is 1. The van der Waals surface area contributed by atoms with Crippen LogP contribution in [0.2, 0.25) is 0 Å². The molecule has 2 rings (SSSR count). The van der Waals surface area contributed by atoms with Crippen molar-refractivity contribution in [1.29, 1.82) is 0 Å². The largest absolute Gasteiger partial charge is 0.444 e. The monoisotopic (exact) mass is 323 g/mol. The molecule has 3 N–H and O–H groups in total. The van der Waals surface area contributed by atoms with Gasteiger partial charge in [-0.3, -0.25) is 0 Å². The Morgan fingerprint density at radius 2 is 2.04 bits per heavy atom. The van der Waals surface area contributed by atoms with Crippen LogP contribution in [0.5, 0.6) is 0 Å². The van der Waals surface area contributed by atoms with Crippen molar-refractivity contribution in [1.82, 2.24) is 20.2 Å². The maximum Gasteiger partial charge on any atom is 0.410 e. The predicted molar refractivity (Wildman–Crippen MR) is 86.1 cm³/mol. The topological polar surface area (TPSA) is 99.6 Å². The summed E-state index contributed by atoms with van der Waals surface area (Å²) in [6, 6.07) is 1.59. The van der Waals surface area contributed by atoms with E-state index in [1.807, 2.05) is 20.8 Å². The normalized spacial score (nSPS) is 21.3. The number of β-amino-alcohol motifs (C(OH)–C–C–N with tert-alkyl or cyclic N) is 1. The molecular weight excluding hydrogens is 298 g/mol. The van der Waals surface area contributed by atoms with Crippen LogP contribution in [0.4, 0.5) is 10.7 Å². The fourth-order valence-electron chi connectivity index (χ4n) is 2.29. The quantitative estimate of drug-likeness (QED) is 0.677. The summed E-state index contributed by atoms with van der Waals surface area (Å²) in [6.45, 7) is 7.43. The van der Waals surface area contributed by atoms with Crippen LogP contribution in [-0.4, -0.2) is 70.0 Å². The fourth-order valence-corrected chi connectivity index (χ4v) is 2.29. The van der Waals surface area contributed by atoms with Crippen molar-refractivity contribution in [3.05, 3.63) is 18.5 Å². The number of anilines is 1. The highest BCUT2D eigenvalue weighted by molar-refractivity contribution is 5.68. The van der Waals surface area contributed by atoms with Crippen LogP contribution in [0.15, 0.2) is 18.5 Å². The molecule has 0 radical (unpaired) electrons. The summed E-state index contributed by atoms with van der Waals surface area (Å²) in [5.41, 5.74) is -0.535. The second-order valence-electron chi connectivity index (χ2n) is 6.51. The first kappa shape index (κ1) is 17.4. The summed E-state index contributed by atoms with van der Waals surface area (Å²) in [6.07, 6.45) is 2.34. The van der Waals surface area contributed by atoms with Gasteiger partial charge in [0.2, 0.25) is 5.95 Å². The Balaban J connectivity index is 1.71. The lowest BCUT2D eigenvalue weighted by atomic mass is 10.2. The third-order valence-electron chi connectivity index (χ3n) is 3.32. The highest BCUT2D eigenvalue weighted by atomic mass is 16.6. The Morgan fingerprint density at radius 3 is 2.70 bits per heavy atom. The number of nitrogens with one attached hydrogen (secondary N) is 2. The van der Waals surface area contributed by atoms with Gasteiger partial charge in [-0.2, -0.15) is 0 Å². The molecule has 1 aromatic heterocycles. The zero-order valence-corrected chi connectivity index (χ0v) is 13.8. The number of aromatic nitrogens is 2. The average molecular weight is 323 g/mol. The molecule has 0 aromatic carbocycles. The summed E-state index contributed by atoms with van der Waals surface area (Å²) in [7, 11) is 0. The van der Waals surface area contributed by atoms with Crippen molar-refractivity contribution >= 4 is 12.0 Å². The van der Waals surface area contributed by atoms with Gasteiger partial charge in [-0.25, -0.2) is 14.8 Å². The SMILES string of the molecule is CC(C)(C)OC(=O)N1C[C@@H](O)[C@H](NCCNc2ncccn2)C1. The number of rotatable bonds is 5. The van der Waals surface area contributed by atoms with Crippen LogP contribution >= 0.6 is 0 Å². The van der Waals surface area contributed by atoms with Crippen LogP contribution in [0.25, 0.3) is 0 Å². The van der Waals surface area contributed by atoms with E-state index >= 15 is 0 Å². The first-order chi connectivity index (χ1) is 10.8. The van der Waals surface area contributed by atoms with Gasteiger partial charge in [0.05, 0.1) is 18.7 Å². The van der Waals surface area contributed by atoms with Gasteiger partial charge in [0.25, 0.3) is 0 Å². The minimum absolute atomic E-state index is 0.166. The minimum Gasteiger partial charge on any atom is -0.444 e. The van der Waals surface area contributed by atoms with E-state index in [0.717, 1.165) is 0 Å². The number of aliphatic hydroxyl groups is 1. The molecule has 1 amide bonds. The molecule has 1 aromatic rings. The average Bonchev–Trinajstić information content (AvgIpc) is 2.84. The smallest absolute Gasteiger partial charge is 0.410 e. The molecule has 2 heterocycles. The first-order valence-electron chi connectivity index (χ1n) is 7.75. The summed E-state index contributed by atoms with van der Waals surface area (Å²) in [5, 5.41) is 16.4. The van der Waals surface area contributed by atoms with Crippen molar-refractivity contribution in [2.45, 2.75) is 38.5 Å². The molecule has 0 spiro atoms. The highest BCUT2D eigenvalue weighted by Crippen LogP contribution is 2.15. The van der Waals surface area contributed by atoms with E-state index in [2.05, 4.69) is 20.6 Å². The van der Waals surface area contributed by atoms with Gasteiger partial charge in [0.15, 0.2) is 0 Å². The maximum atomic E-state index is 12.0. The molecule has 0 saturated carbocycles. The number of nitrogens with zero attached hydrogens (tertiary/aromatic N) is 3. The number of aliphatic hydroxyl groups excluding tert-OH is 1. The van der Waals surface area contributed by atoms with Crippen LogP contribution in [0.3, 0.4) is 0 Å². The molecule has 2 atom stereocenters. The van der Waals surface area contributed by atoms with Crippen LogP contribution in [0.1, 0.15) is 20.8 Å².